The van der Waals surface area contributed by atoms with E-state index in [2.05, 4.69) is 149 Å². The van der Waals surface area contributed by atoms with E-state index < -0.39 is 61.1 Å². The van der Waals surface area contributed by atoms with Gasteiger partial charge >= 0.3 is 764 Å². The summed E-state index contributed by atoms with van der Waals surface area (Å²) < 4.78 is 82.5. The molecule has 9 aliphatic rings. The Morgan fingerprint density at radius 2 is 0.492 bits per heavy atom. The molecule has 12 nitrogen and oxygen atoms in total. The van der Waals surface area contributed by atoms with E-state index in [1.165, 1.54) is 295 Å². The maximum absolute atomic E-state index is 13.9. The van der Waals surface area contributed by atoms with Crippen molar-refractivity contribution in [2.24, 2.45) is 0 Å². The second-order valence-electron chi connectivity index (χ2n) is 46.1. The minimum absolute atomic E-state index is 0.131. The molecule has 0 amide bonds. The van der Waals surface area contributed by atoms with Crippen LogP contribution in [0.4, 0.5) is 0 Å². The molecule has 3 aromatic rings. The Labute approximate surface area is 800 Å². The number of aromatic hydroxyl groups is 3. The van der Waals surface area contributed by atoms with Gasteiger partial charge in [-0.3, -0.25) is 0 Å². The summed E-state index contributed by atoms with van der Waals surface area (Å²) >= 11 is 0. The third-order valence-corrected chi connectivity index (χ3v) is 44.1. The Morgan fingerprint density at radius 1 is 0.254 bits per heavy atom. The Hall–Kier alpha value is -2.33. The van der Waals surface area contributed by atoms with Gasteiger partial charge in [-0.25, -0.2) is 0 Å². The molecule has 0 saturated carbocycles. The Morgan fingerprint density at radius 3 is 0.769 bits per heavy atom. The summed E-state index contributed by atoms with van der Waals surface area (Å²) in [5.41, 5.74) is 0.238. The SMILES string of the molecule is CCCCCCCCCCCCCP12(CCCCCCCCCCCCC)Oc3c(C)c(O)c(C(C)(C)C)c(c3C3(c4cc(C)c(O)c(C(C)(C)C)c4)OP4(CCCCCCCCCCCCC)(CCCCCCCCCCCCC)OC3(O4)C3(c4cc(C)c(O)c(C(C)(C)C)c4)OP4(CCCCCCCCCCCCC)(CCCCCCCCCCCCC)OC3(O1)O4)O2. The molecule has 9 aliphatic heterocycles. The monoisotopic (exact) mass is 1870 g/mol. The quantitative estimate of drug-likeness (QED) is 0.0366. The number of phenolic OH excluding ortho intramolecular Hbond substituents is 3. The molecule has 6 saturated heterocycles. The number of hydrogen-bond acceptors (Lipinski definition) is 12. The standard InChI is InChI=1S/C115H205O12P3/c1-19-25-31-37-43-49-55-61-67-73-79-85-128(86-80-74-68-62-56-50-44-38-32-26-20-2)119-107-97(9)106(118)102(111(16,17)18)108(120-128)103(107)112(98-91-95(7)104(116)100(93-98)109(10,11)12)114(123-129(121-112,124-114,87-81-75-69-63-57-51-45-39-33-27-21-3)88-82-76-70-64-58-52-46-40-34-28-22-4)113(99-92-96(8)105(117)101(94-99)110(13,14)15)115(125-128)126-130(122-113,127-115,89-83-77-71-65-59-53-47-41-35-29-23-5)90-84-78-72-66-60-54-48-42-36-30-24-6/h91-94,116-118H,19-90H2,1-18H3. The average molecular weight is 1870 g/mol. The van der Waals surface area contributed by atoms with Crippen molar-refractivity contribution in [2.45, 2.75) is 588 Å². The zero-order valence-electron chi connectivity index (χ0n) is 88.1. The van der Waals surface area contributed by atoms with Crippen molar-refractivity contribution in [1.29, 1.82) is 0 Å². The first-order chi connectivity index (χ1) is 62.3. The van der Waals surface area contributed by atoms with E-state index in [9.17, 15) is 37.9 Å². The summed E-state index contributed by atoms with van der Waals surface area (Å²) in [6.45, 7) is 40.0. The van der Waals surface area contributed by atoms with Gasteiger partial charge in [0.25, 0.3) is 0 Å². The van der Waals surface area contributed by atoms with Crippen LogP contribution in [0.15, 0.2) is 24.3 Å². The third-order valence-electron chi connectivity index (χ3n) is 31.2. The fraction of sp³-hybridized carbons (Fsp3) is 0.843. The number of hydrogen-bond donors (Lipinski definition) is 3. The van der Waals surface area contributed by atoms with Crippen molar-refractivity contribution in [2.75, 3.05) is 37.0 Å². The fourth-order valence-corrected chi connectivity index (χ4v) is 38.1. The minimum atomic E-state index is -5.09. The van der Waals surface area contributed by atoms with Gasteiger partial charge in [0.2, 0.25) is 0 Å². The van der Waals surface area contributed by atoms with Gasteiger partial charge in [0.15, 0.2) is 0 Å². The van der Waals surface area contributed by atoms with Crippen molar-refractivity contribution in [3.8, 4) is 28.7 Å². The molecule has 130 heavy (non-hydrogen) atoms. The Kier molecular flexibility index (Phi) is 44.3. The second-order valence-corrected chi connectivity index (χ2v) is 57.7. The van der Waals surface area contributed by atoms with Crippen molar-refractivity contribution in [3.63, 3.8) is 0 Å². The normalized spacial score (nSPS) is 22.5. The molecule has 9 heterocycles. The first-order valence-electron chi connectivity index (χ1n) is 56.4. The van der Waals surface area contributed by atoms with Gasteiger partial charge in [0.1, 0.15) is 0 Å². The summed E-state index contributed by atoms with van der Waals surface area (Å²) in [5.74, 6) is -2.74. The first kappa shape index (κ1) is 111. The molecule has 0 aromatic heterocycles. The molecule has 2 spiro atoms. The summed E-state index contributed by atoms with van der Waals surface area (Å²) in [6.07, 6.45) is 81.0. The summed E-state index contributed by atoms with van der Waals surface area (Å²) in [7, 11) is -14.4. The van der Waals surface area contributed by atoms with Crippen LogP contribution < -0.4 is 9.05 Å². The molecule has 6 fully saturated rings. The van der Waals surface area contributed by atoms with Crippen LogP contribution in [-0.2, 0) is 59.1 Å². The predicted octanol–water partition coefficient (Wildman–Crippen LogP) is 38.8. The summed E-state index contributed by atoms with van der Waals surface area (Å²) in [6, 6.07) is 8.78. The molecule has 15 heteroatoms. The molecule has 752 valence electrons. The molecule has 0 aliphatic carbocycles. The van der Waals surface area contributed by atoms with Gasteiger partial charge in [-0.15, -0.1) is 0 Å². The fourth-order valence-electron chi connectivity index (χ4n) is 23.5. The summed E-state index contributed by atoms with van der Waals surface area (Å²) in [5, 5.41) is 40.1. The Bertz CT molecular complexity index is 3710. The average Bonchev–Trinajstić information content (AvgIpc) is 1.40. The molecule has 2 atom stereocenters. The van der Waals surface area contributed by atoms with Gasteiger partial charge in [-0.1, -0.05) is 41.5 Å². The van der Waals surface area contributed by atoms with E-state index in [1.54, 1.807) is 0 Å². The zero-order chi connectivity index (χ0) is 94.0. The first-order valence-corrected chi connectivity index (χ1v) is 63.4. The number of phenols is 3. The van der Waals surface area contributed by atoms with Crippen molar-refractivity contribution in [1.82, 2.24) is 0 Å². The van der Waals surface area contributed by atoms with Gasteiger partial charge in [0.05, 0.1) is 0 Å². The van der Waals surface area contributed by atoms with Gasteiger partial charge in [-0.05, 0) is 0 Å². The van der Waals surface area contributed by atoms with E-state index in [1.807, 2.05) is 0 Å². The number of aryl methyl sites for hydroxylation is 2. The van der Waals surface area contributed by atoms with Crippen LogP contribution in [-0.4, -0.2) is 64.1 Å². The van der Waals surface area contributed by atoms with E-state index in [0.29, 0.717) is 81.9 Å². The molecule has 8 bridgehead atoms. The van der Waals surface area contributed by atoms with Crippen LogP contribution in [0.5, 0.6) is 28.7 Å². The molecular formula is C115H205O12P3. The van der Waals surface area contributed by atoms with Crippen molar-refractivity contribution in [3.05, 3.63) is 74.3 Å². The molecule has 12 rings (SSSR count). The number of rotatable bonds is 74. The number of benzene rings is 3. The van der Waals surface area contributed by atoms with Crippen LogP contribution in [0.1, 0.15) is 578 Å². The van der Waals surface area contributed by atoms with E-state index in [0.717, 1.165) is 145 Å². The van der Waals surface area contributed by atoms with E-state index >= 15 is 0 Å². The van der Waals surface area contributed by atoms with Crippen LogP contribution in [0.2, 0.25) is 0 Å². The molecule has 3 N–H and O–H groups in total. The molecular weight excluding hydrogens is 1670 g/mol. The van der Waals surface area contributed by atoms with Crippen LogP contribution in [0.25, 0.3) is 0 Å². The van der Waals surface area contributed by atoms with Gasteiger partial charge in [0, 0.05) is 0 Å². The van der Waals surface area contributed by atoms with Crippen molar-refractivity contribution >= 4 is 21.9 Å². The molecule has 2 unspecified atom stereocenters. The number of unbranched alkanes of at least 4 members (excludes halogenated alkanes) is 60. The van der Waals surface area contributed by atoms with Gasteiger partial charge < -0.3 is 0 Å². The van der Waals surface area contributed by atoms with Crippen LogP contribution >= 0.6 is 21.9 Å². The van der Waals surface area contributed by atoms with E-state index in [4.69, 9.17) is 18.1 Å². The van der Waals surface area contributed by atoms with Crippen LogP contribution in [0, 0.1) is 20.8 Å². The van der Waals surface area contributed by atoms with Crippen LogP contribution in [0.3, 0.4) is 0 Å². The summed E-state index contributed by atoms with van der Waals surface area (Å²) in [4.78, 5) is 0. The molecule has 3 aromatic carbocycles. The zero-order valence-corrected chi connectivity index (χ0v) is 90.8. The van der Waals surface area contributed by atoms with Gasteiger partial charge in [-0.2, -0.15) is 0 Å². The topological polar surface area (TPSA) is 144 Å². The Balaban J connectivity index is 1.38. The maximum atomic E-state index is 13.9. The van der Waals surface area contributed by atoms with E-state index in [-0.39, 0.29) is 17.2 Å². The third kappa shape index (κ3) is 27.3. The molecule has 0 radical (unpaired) electrons. The second kappa shape index (κ2) is 51.7. The predicted molar refractivity (Wildman–Crippen MR) is 560 cm³/mol. The van der Waals surface area contributed by atoms with Crippen molar-refractivity contribution < 1.29 is 56.0 Å².